The number of carboxylic acids is 1. The fraction of sp³-hybridized carbons (Fsp3) is 0.300. The number of benzene rings is 1. The number of carbonyl (C=O) groups is 1. The maximum Gasteiger partial charge on any atom is 0.356 e. The van der Waals surface area contributed by atoms with Gasteiger partial charge in [-0.25, -0.2) is 4.39 Å². The van der Waals surface area contributed by atoms with Gasteiger partial charge in [0.05, 0.1) is 5.30 Å². The van der Waals surface area contributed by atoms with E-state index in [4.69, 9.17) is 20.6 Å². The van der Waals surface area contributed by atoms with E-state index in [1.54, 1.807) is 0 Å². The van der Waals surface area contributed by atoms with Crippen LogP contribution in [0.3, 0.4) is 0 Å². The molecule has 0 heterocycles. The van der Waals surface area contributed by atoms with Crippen LogP contribution in [0.2, 0.25) is 0 Å². The first-order chi connectivity index (χ1) is 8.19. The van der Waals surface area contributed by atoms with Crippen molar-refractivity contribution in [3.05, 3.63) is 29.8 Å². The third-order valence-electron chi connectivity index (χ3n) is 2.46. The second-order valence-electron chi connectivity index (χ2n) is 3.98. The van der Waals surface area contributed by atoms with Crippen LogP contribution in [-0.4, -0.2) is 33.1 Å². The van der Waals surface area contributed by atoms with E-state index in [1.807, 2.05) is 0 Å². The molecule has 0 fully saturated rings. The molecule has 8 heteroatoms. The average molecular weight is 277 g/mol. The van der Waals surface area contributed by atoms with Gasteiger partial charge in [0.2, 0.25) is 0 Å². The summed E-state index contributed by atoms with van der Waals surface area (Å²) < 4.78 is 23.5. The SMILES string of the molecule is N[C@@](CF)(Cc1ccc(P(=O)(O)O)cc1)C(=O)O. The Bertz CT molecular complexity index is 486. The van der Waals surface area contributed by atoms with Gasteiger partial charge in [-0.3, -0.25) is 9.36 Å². The fourth-order valence-corrected chi connectivity index (χ4v) is 1.89. The van der Waals surface area contributed by atoms with Crippen molar-refractivity contribution in [2.24, 2.45) is 5.73 Å². The summed E-state index contributed by atoms with van der Waals surface area (Å²) in [5.74, 6) is -1.47. The predicted octanol–water partition coefficient (Wildman–Crippen LogP) is -0.216. The van der Waals surface area contributed by atoms with Crippen LogP contribution in [-0.2, 0) is 15.8 Å². The number of aliphatic carboxylic acids is 1. The van der Waals surface area contributed by atoms with Crippen molar-refractivity contribution in [2.75, 3.05) is 6.67 Å². The molecule has 0 aromatic heterocycles. The molecule has 0 amide bonds. The molecule has 0 unspecified atom stereocenters. The summed E-state index contributed by atoms with van der Waals surface area (Å²) in [4.78, 5) is 28.6. The van der Waals surface area contributed by atoms with Crippen LogP contribution in [0.25, 0.3) is 0 Å². The highest BCUT2D eigenvalue weighted by Crippen LogP contribution is 2.32. The maximum absolute atomic E-state index is 12.6. The second kappa shape index (κ2) is 5.16. The summed E-state index contributed by atoms with van der Waals surface area (Å²) in [5, 5.41) is 8.60. The van der Waals surface area contributed by atoms with E-state index in [2.05, 4.69) is 0 Å². The van der Waals surface area contributed by atoms with Crippen molar-refractivity contribution in [1.82, 2.24) is 0 Å². The molecule has 0 aliphatic carbocycles. The Kier molecular flexibility index (Phi) is 4.24. The van der Waals surface area contributed by atoms with Crippen molar-refractivity contribution >= 4 is 18.9 Å². The van der Waals surface area contributed by atoms with Crippen LogP contribution in [0, 0.1) is 0 Å². The van der Waals surface area contributed by atoms with E-state index in [-0.39, 0.29) is 11.7 Å². The number of rotatable bonds is 5. The smallest absolute Gasteiger partial charge is 0.356 e. The molecule has 0 bridgehead atoms. The summed E-state index contributed by atoms with van der Waals surface area (Å²) in [5.41, 5.74) is 3.73. The molecule has 0 saturated heterocycles. The molecule has 100 valence electrons. The van der Waals surface area contributed by atoms with Crippen molar-refractivity contribution in [1.29, 1.82) is 0 Å². The molecule has 0 radical (unpaired) electrons. The number of halogens is 1. The van der Waals surface area contributed by atoms with Crippen LogP contribution in [0.1, 0.15) is 5.56 Å². The van der Waals surface area contributed by atoms with Crippen molar-refractivity contribution in [3.63, 3.8) is 0 Å². The third kappa shape index (κ3) is 3.36. The van der Waals surface area contributed by atoms with Gasteiger partial charge < -0.3 is 20.6 Å². The molecular formula is C10H13FNO5P. The molecule has 6 nitrogen and oxygen atoms in total. The second-order valence-corrected chi connectivity index (χ2v) is 5.59. The van der Waals surface area contributed by atoms with Crippen LogP contribution < -0.4 is 11.0 Å². The van der Waals surface area contributed by atoms with Gasteiger partial charge >= 0.3 is 13.6 Å². The monoisotopic (exact) mass is 277 g/mol. The Morgan fingerprint density at radius 3 is 2.17 bits per heavy atom. The molecule has 1 atom stereocenters. The van der Waals surface area contributed by atoms with Gasteiger partial charge in [0.15, 0.2) is 0 Å². The number of hydrogen-bond acceptors (Lipinski definition) is 3. The van der Waals surface area contributed by atoms with E-state index in [0.29, 0.717) is 5.56 Å². The molecule has 0 aliphatic heterocycles. The van der Waals surface area contributed by atoms with Gasteiger partial charge in [0.1, 0.15) is 12.2 Å². The molecular weight excluding hydrogens is 264 g/mol. The summed E-state index contributed by atoms with van der Waals surface area (Å²) in [7, 11) is -4.34. The lowest BCUT2D eigenvalue weighted by atomic mass is 9.93. The number of carboxylic acid groups (broad SMARTS) is 1. The third-order valence-corrected chi connectivity index (χ3v) is 3.43. The summed E-state index contributed by atoms with van der Waals surface area (Å²) in [6.45, 7) is -1.23. The highest BCUT2D eigenvalue weighted by atomic mass is 31.2. The van der Waals surface area contributed by atoms with E-state index in [1.165, 1.54) is 12.1 Å². The number of hydrogen-bond donors (Lipinski definition) is 4. The largest absolute Gasteiger partial charge is 0.480 e. The van der Waals surface area contributed by atoms with Gasteiger partial charge in [-0.2, -0.15) is 0 Å². The summed E-state index contributed by atoms with van der Waals surface area (Å²) in [6, 6.07) is 4.95. The average Bonchev–Trinajstić information content (AvgIpc) is 2.28. The quantitative estimate of drug-likeness (QED) is 0.552. The topological polar surface area (TPSA) is 121 Å². The molecule has 18 heavy (non-hydrogen) atoms. The Morgan fingerprint density at radius 1 is 1.33 bits per heavy atom. The predicted molar refractivity (Wildman–Crippen MR) is 62.4 cm³/mol. The molecule has 1 rings (SSSR count). The van der Waals surface area contributed by atoms with Gasteiger partial charge in [0.25, 0.3) is 0 Å². The van der Waals surface area contributed by atoms with Crippen molar-refractivity contribution < 1.29 is 28.6 Å². The molecule has 1 aromatic carbocycles. The van der Waals surface area contributed by atoms with Crippen LogP contribution in [0.4, 0.5) is 4.39 Å². The molecule has 0 spiro atoms. The van der Waals surface area contributed by atoms with Gasteiger partial charge in [-0.1, -0.05) is 12.1 Å². The first kappa shape index (κ1) is 14.8. The van der Waals surface area contributed by atoms with E-state index in [9.17, 15) is 13.8 Å². The van der Waals surface area contributed by atoms with Gasteiger partial charge in [-0.15, -0.1) is 0 Å². The first-order valence-electron chi connectivity index (χ1n) is 4.92. The normalized spacial score (nSPS) is 15.1. The zero-order valence-corrected chi connectivity index (χ0v) is 10.2. The summed E-state index contributed by atoms with van der Waals surface area (Å²) >= 11 is 0. The van der Waals surface area contributed by atoms with Gasteiger partial charge in [0, 0.05) is 6.42 Å². The maximum atomic E-state index is 12.6. The van der Waals surface area contributed by atoms with E-state index < -0.39 is 25.8 Å². The Balaban J connectivity index is 2.94. The minimum Gasteiger partial charge on any atom is -0.480 e. The van der Waals surface area contributed by atoms with Crippen LogP contribution in [0.5, 0.6) is 0 Å². The Hall–Kier alpha value is -1.27. The van der Waals surface area contributed by atoms with Crippen LogP contribution in [0.15, 0.2) is 24.3 Å². The highest BCUT2D eigenvalue weighted by Gasteiger charge is 2.34. The first-order valence-corrected chi connectivity index (χ1v) is 6.53. The fourth-order valence-electron chi connectivity index (χ4n) is 1.35. The molecule has 0 aliphatic rings. The minimum absolute atomic E-state index is 0.190. The van der Waals surface area contributed by atoms with Crippen molar-refractivity contribution in [3.8, 4) is 0 Å². The van der Waals surface area contributed by atoms with E-state index in [0.717, 1.165) is 12.1 Å². The standard InChI is InChI=1S/C10H13FNO5P/c11-6-10(12,9(13)14)5-7-1-3-8(4-2-7)18(15,16)17/h1-4H,5-6,12H2,(H,13,14)(H2,15,16,17)/t10-/m1/s1. The lowest BCUT2D eigenvalue weighted by molar-refractivity contribution is -0.143. The summed E-state index contributed by atoms with van der Waals surface area (Å²) in [6.07, 6.45) is -0.264. The Morgan fingerprint density at radius 2 is 1.83 bits per heavy atom. The van der Waals surface area contributed by atoms with Gasteiger partial charge in [-0.05, 0) is 17.7 Å². The van der Waals surface area contributed by atoms with Crippen molar-refractivity contribution in [2.45, 2.75) is 12.0 Å². The lowest BCUT2D eigenvalue weighted by Gasteiger charge is -2.20. The lowest BCUT2D eigenvalue weighted by Crippen LogP contribution is -2.52. The van der Waals surface area contributed by atoms with E-state index >= 15 is 0 Å². The highest BCUT2D eigenvalue weighted by molar-refractivity contribution is 7.60. The molecule has 5 N–H and O–H groups in total. The Labute approximate surface area is 102 Å². The molecule has 1 aromatic rings. The van der Waals surface area contributed by atoms with Crippen LogP contribution >= 0.6 is 7.60 Å². The molecule has 0 saturated carbocycles. The number of alkyl halides is 1. The zero-order chi connectivity index (χ0) is 14.0. The zero-order valence-electron chi connectivity index (χ0n) is 9.28. The minimum atomic E-state index is -4.34. The number of nitrogens with two attached hydrogens (primary N) is 1.